The number of carbonyl (C=O) groups excluding carboxylic acids is 1. The number of rotatable bonds is 8. The number of carbonyl (C=O) groups is 1. The van der Waals surface area contributed by atoms with Crippen LogP contribution in [0.3, 0.4) is 0 Å². The standard InChI is InChI=1S/C26H31N3OS2/c1-19-27-22(17-31-19)18-32-24-14-12-20(13-15-24)26(30)28-25-11-7-6-8-21(25)16-29(2)23-9-4-3-5-10-23/h6-8,11-15,17,23H,3-5,9-10,16,18H2,1-2H3,(H,28,30). The number of hydrogen-bond donors (Lipinski definition) is 1. The van der Waals surface area contributed by atoms with E-state index in [9.17, 15) is 4.79 Å². The molecule has 0 spiro atoms. The zero-order valence-electron chi connectivity index (χ0n) is 18.8. The summed E-state index contributed by atoms with van der Waals surface area (Å²) in [5.41, 5.74) is 3.85. The van der Waals surface area contributed by atoms with Crippen LogP contribution in [0.25, 0.3) is 0 Å². The first-order valence-corrected chi connectivity index (χ1v) is 13.2. The fourth-order valence-electron chi connectivity index (χ4n) is 4.23. The Balaban J connectivity index is 1.36. The highest BCUT2D eigenvalue weighted by atomic mass is 32.2. The molecule has 4 nitrogen and oxygen atoms in total. The first-order valence-electron chi connectivity index (χ1n) is 11.3. The average molecular weight is 466 g/mol. The van der Waals surface area contributed by atoms with Gasteiger partial charge in [0.15, 0.2) is 0 Å². The Morgan fingerprint density at radius 3 is 2.59 bits per heavy atom. The average Bonchev–Trinajstić information content (AvgIpc) is 3.25. The monoisotopic (exact) mass is 465 g/mol. The van der Waals surface area contributed by atoms with Crippen LogP contribution in [0, 0.1) is 6.92 Å². The van der Waals surface area contributed by atoms with E-state index in [4.69, 9.17) is 0 Å². The minimum atomic E-state index is -0.0653. The quantitative estimate of drug-likeness (QED) is 0.373. The van der Waals surface area contributed by atoms with Crippen LogP contribution in [0.2, 0.25) is 0 Å². The van der Waals surface area contributed by atoms with Gasteiger partial charge < -0.3 is 5.32 Å². The van der Waals surface area contributed by atoms with Crippen LogP contribution >= 0.6 is 23.1 Å². The SMILES string of the molecule is Cc1nc(CSc2ccc(C(=O)Nc3ccccc3CN(C)C3CCCCC3)cc2)cs1. The molecule has 1 N–H and O–H groups in total. The molecule has 6 heteroatoms. The molecular weight excluding hydrogens is 434 g/mol. The summed E-state index contributed by atoms with van der Waals surface area (Å²) in [4.78, 5) is 21.0. The van der Waals surface area contributed by atoms with E-state index in [1.807, 2.05) is 43.3 Å². The van der Waals surface area contributed by atoms with Gasteiger partial charge in [-0.2, -0.15) is 0 Å². The van der Waals surface area contributed by atoms with E-state index in [0.717, 1.165) is 33.6 Å². The summed E-state index contributed by atoms with van der Waals surface area (Å²) in [6, 6.07) is 16.6. The van der Waals surface area contributed by atoms with Crippen molar-refractivity contribution in [2.45, 2.75) is 62.3 Å². The summed E-state index contributed by atoms with van der Waals surface area (Å²) in [6.07, 6.45) is 6.56. The number of nitrogens with one attached hydrogen (secondary N) is 1. The molecule has 1 aliphatic rings. The van der Waals surface area contributed by atoms with Crippen LogP contribution in [0.15, 0.2) is 58.8 Å². The van der Waals surface area contributed by atoms with Crippen LogP contribution in [-0.4, -0.2) is 28.9 Å². The molecular formula is C26H31N3OS2. The van der Waals surface area contributed by atoms with Crippen molar-refractivity contribution in [3.8, 4) is 0 Å². The third kappa shape index (κ3) is 6.21. The molecule has 168 valence electrons. The molecule has 1 amide bonds. The number of amides is 1. The lowest BCUT2D eigenvalue weighted by atomic mass is 9.94. The van der Waals surface area contributed by atoms with Crippen molar-refractivity contribution in [1.29, 1.82) is 0 Å². The molecule has 1 aromatic heterocycles. The number of aryl methyl sites for hydroxylation is 1. The van der Waals surface area contributed by atoms with Gasteiger partial charge in [0.25, 0.3) is 5.91 Å². The highest BCUT2D eigenvalue weighted by Crippen LogP contribution is 2.26. The number of benzene rings is 2. The van der Waals surface area contributed by atoms with Crippen LogP contribution in [0.5, 0.6) is 0 Å². The van der Waals surface area contributed by atoms with Crippen LogP contribution < -0.4 is 5.32 Å². The number of thiazole rings is 1. The summed E-state index contributed by atoms with van der Waals surface area (Å²) >= 11 is 3.42. The summed E-state index contributed by atoms with van der Waals surface area (Å²) in [6.45, 7) is 2.88. The summed E-state index contributed by atoms with van der Waals surface area (Å²) in [5, 5.41) is 6.33. The van der Waals surface area contributed by atoms with Crippen molar-refractivity contribution in [2.24, 2.45) is 0 Å². The molecule has 32 heavy (non-hydrogen) atoms. The lowest BCUT2D eigenvalue weighted by Crippen LogP contribution is -2.33. The Morgan fingerprint density at radius 2 is 1.88 bits per heavy atom. The van der Waals surface area contributed by atoms with Gasteiger partial charge in [-0.05, 0) is 62.7 Å². The molecule has 1 aliphatic carbocycles. The number of hydrogen-bond acceptors (Lipinski definition) is 5. The predicted molar refractivity (Wildman–Crippen MR) is 136 cm³/mol. The van der Waals surface area contributed by atoms with E-state index < -0.39 is 0 Å². The van der Waals surface area contributed by atoms with Crippen LogP contribution in [0.4, 0.5) is 5.69 Å². The number of para-hydroxylation sites is 1. The molecule has 0 radical (unpaired) electrons. The summed E-state index contributed by atoms with van der Waals surface area (Å²) in [5.74, 6) is 0.780. The predicted octanol–water partition coefficient (Wildman–Crippen LogP) is 6.76. The maximum absolute atomic E-state index is 12.9. The highest BCUT2D eigenvalue weighted by Gasteiger charge is 2.19. The molecule has 2 aromatic carbocycles. The minimum absolute atomic E-state index is 0.0653. The number of thioether (sulfide) groups is 1. The molecule has 0 unspecified atom stereocenters. The van der Waals surface area contributed by atoms with E-state index in [1.54, 1.807) is 23.1 Å². The number of nitrogens with zero attached hydrogens (tertiary/aromatic N) is 2. The van der Waals surface area contributed by atoms with Gasteiger partial charge in [0.05, 0.1) is 10.7 Å². The van der Waals surface area contributed by atoms with Gasteiger partial charge in [-0.25, -0.2) is 4.98 Å². The van der Waals surface area contributed by atoms with Crippen LogP contribution in [0.1, 0.15) is 58.7 Å². The Kier molecular flexibility index (Phi) is 8.00. The van der Waals surface area contributed by atoms with Crippen molar-refractivity contribution in [3.05, 3.63) is 75.7 Å². The fraction of sp³-hybridized carbons (Fsp3) is 0.385. The second-order valence-corrected chi connectivity index (χ2v) is 10.6. The molecule has 3 aromatic rings. The largest absolute Gasteiger partial charge is 0.322 e. The molecule has 0 atom stereocenters. The van der Waals surface area contributed by atoms with Gasteiger partial charge in [0.1, 0.15) is 0 Å². The van der Waals surface area contributed by atoms with Gasteiger partial charge >= 0.3 is 0 Å². The van der Waals surface area contributed by atoms with E-state index in [2.05, 4.69) is 39.8 Å². The molecule has 0 saturated heterocycles. The van der Waals surface area contributed by atoms with Crippen molar-refractivity contribution in [3.63, 3.8) is 0 Å². The Bertz CT molecular complexity index is 1030. The van der Waals surface area contributed by atoms with Gasteiger partial charge in [-0.15, -0.1) is 23.1 Å². The van der Waals surface area contributed by atoms with Crippen molar-refractivity contribution in [1.82, 2.24) is 9.88 Å². The topological polar surface area (TPSA) is 45.2 Å². The van der Waals surface area contributed by atoms with E-state index in [0.29, 0.717) is 11.6 Å². The molecule has 0 aliphatic heterocycles. The Hall–Kier alpha value is -2.15. The van der Waals surface area contributed by atoms with Gasteiger partial charge in [-0.3, -0.25) is 9.69 Å². The molecule has 4 rings (SSSR count). The molecule has 1 heterocycles. The zero-order chi connectivity index (χ0) is 22.3. The third-order valence-electron chi connectivity index (χ3n) is 6.05. The Morgan fingerprint density at radius 1 is 1.12 bits per heavy atom. The first-order chi connectivity index (χ1) is 15.6. The van der Waals surface area contributed by atoms with E-state index in [-0.39, 0.29) is 5.91 Å². The third-order valence-corrected chi connectivity index (χ3v) is 7.92. The second-order valence-electron chi connectivity index (χ2n) is 8.49. The Labute approximate surface area is 199 Å². The smallest absolute Gasteiger partial charge is 0.255 e. The molecule has 1 saturated carbocycles. The molecule has 0 bridgehead atoms. The number of aromatic nitrogens is 1. The normalized spacial score (nSPS) is 14.6. The van der Waals surface area contributed by atoms with E-state index >= 15 is 0 Å². The highest BCUT2D eigenvalue weighted by molar-refractivity contribution is 7.98. The number of anilines is 1. The van der Waals surface area contributed by atoms with Crippen molar-refractivity contribution < 1.29 is 4.79 Å². The minimum Gasteiger partial charge on any atom is -0.322 e. The maximum atomic E-state index is 12.9. The second kappa shape index (κ2) is 11.1. The zero-order valence-corrected chi connectivity index (χ0v) is 20.5. The van der Waals surface area contributed by atoms with E-state index in [1.165, 1.54) is 37.7 Å². The first kappa shape index (κ1) is 23.0. The van der Waals surface area contributed by atoms with Crippen molar-refractivity contribution in [2.75, 3.05) is 12.4 Å². The van der Waals surface area contributed by atoms with Gasteiger partial charge in [-0.1, -0.05) is 37.5 Å². The summed E-state index contributed by atoms with van der Waals surface area (Å²) < 4.78 is 0. The maximum Gasteiger partial charge on any atom is 0.255 e. The summed E-state index contributed by atoms with van der Waals surface area (Å²) in [7, 11) is 2.21. The van der Waals surface area contributed by atoms with Crippen molar-refractivity contribution >= 4 is 34.7 Å². The molecule has 1 fully saturated rings. The van der Waals surface area contributed by atoms with Crippen LogP contribution in [-0.2, 0) is 12.3 Å². The fourth-order valence-corrected chi connectivity index (χ4v) is 5.74. The lowest BCUT2D eigenvalue weighted by molar-refractivity contribution is 0.102. The lowest BCUT2D eigenvalue weighted by Gasteiger charge is -2.31. The van der Waals surface area contributed by atoms with Gasteiger partial charge in [0.2, 0.25) is 0 Å². The van der Waals surface area contributed by atoms with Gasteiger partial charge in [0, 0.05) is 39.9 Å².